The van der Waals surface area contributed by atoms with Crippen molar-refractivity contribution in [3.05, 3.63) is 34.2 Å². The zero-order valence-electron chi connectivity index (χ0n) is 9.99. The fraction of sp³-hybridized carbons (Fsp3) is 0.250. The lowest BCUT2D eigenvalue weighted by atomic mass is 10.1. The quantitative estimate of drug-likeness (QED) is 0.788. The molecule has 2 rings (SSSR count). The molecule has 0 saturated carbocycles. The third-order valence-electron chi connectivity index (χ3n) is 2.80. The minimum atomic E-state index is -4.65. The largest absolute Gasteiger partial charge is 0.433 e. The van der Waals surface area contributed by atoms with Crippen LogP contribution in [-0.2, 0) is 6.18 Å². The molecule has 102 valence electrons. The van der Waals surface area contributed by atoms with Crippen molar-refractivity contribution in [2.24, 2.45) is 0 Å². The van der Waals surface area contributed by atoms with Gasteiger partial charge in [-0.3, -0.25) is 0 Å². The van der Waals surface area contributed by atoms with Crippen LogP contribution in [-0.4, -0.2) is 12.0 Å². The predicted octanol–water partition coefficient (Wildman–Crippen LogP) is 4.40. The normalized spacial score (nSPS) is 11.9. The second kappa shape index (κ2) is 4.52. The van der Waals surface area contributed by atoms with Crippen LogP contribution in [0.2, 0.25) is 5.02 Å². The molecule has 1 aromatic heterocycles. The van der Waals surface area contributed by atoms with E-state index >= 15 is 0 Å². The second-order valence-corrected chi connectivity index (χ2v) is 4.37. The number of aromatic nitrogens is 1. The fourth-order valence-electron chi connectivity index (χ4n) is 1.98. The molecule has 0 bridgehead atoms. The molecule has 19 heavy (non-hydrogen) atoms. The van der Waals surface area contributed by atoms with Crippen molar-refractivity contribution in [3.8, 4) is 0 Å². The Balaban J connectivity index is 2.99. The van der Waals surface area contributed by atoms with E-state index in [4.69, 9.17) is 11.6 Å². The number of rotatable bonds is 1. The van der Waals surface area contributed by atoms with Crippen LogP contribution < -0.4 is 5.32 Å². The van der Waals surface area contributed by atoms with Crippen LogP contribution in [0.4, 0.5) is 23.2 Å². The number of halogens is 5. The molecule has 0 amide bonds. The minimum Gasteiger partial charge on any atom is -0.387 e. The SMILES string of the molecule is CNc1c(C)c(C(F)(F)F)nc2c(F)ccc(Cl)c12. The van der Waals surface area contributed by atoms with E-state index in [1.54, 1.807) is 0 Å². The number of fused-ring (bicyclic) bond motifs is 1. The summed E-state index contributed by atoms with van der Waals surface area (Å²) < 4.78 is 52.3. The van der Waals surface area contributed by atoms with Crippen molar-refractivity contribution >= 4 is 28.2 Å². The molecular weight excluding hydrogens is 284 g/mol. The first-order chi connectivity index (χ1) is 8.77. The number of anilines is 1. The molecule has 2 nitrogen and oxygen atoms in total. The molecule has 0 atom stereocenters. The number of benzene rings is 1. The highest BCUT2D eigenvalue weighted by molar-refractivity contribution is 6.36. The van der Waals surface area contributed by atoms with Gasteiger partial charge in [-0.15, -0.1) is 0 Å². The summed E-state index contributed by atoms with van der Waals surface area (Å²) in [5.74, 6) is -0.846. The van der Waals surface area contributed by atoms with Gasteiger partial charge in [-0.1, -0.05) is 11.6 Å². The summed E-state index contributed by atoms with van der Waals surface area (Å²) in [5.41, 5.74) is -1.50. The van der Waals surface area contributed by atoms with E-state index in [1.165, 1.54) is 20.0 Å². The molecule has 0 spiro atoms. The summed E-state index contributed by atoms with van der Waals surface area (Å²) in [6, 6.07) is 2.28. The fourth-order valence-corrected chi connectivity index (χ4v) is 2.23. The van der Waals surface area contributed by atoms with Gasteiger partial charge in [0.15, 0.2) is 0 Å². The molecule has 0 unspecified atom stereocenters. The van der Waals surface area contributed by atoms with Crippen LogP contribution in [0.1, 0.15) is 11.3 Å². The number of pyridine rings is 1. The van der Waals surface area contributed by atoms with Gasteiger partial charge in [0.25, 0.3) is 0 Å². The van der Waals surface area contributed by atoms with Gasteiger partial charge in [0.1, 0.15) is 17.0 Å². The standard InChI is InChI=1S/C12H9ClF4N2/c1-5-9(18-2)8-6(13)3-4-7(14)10(8)19-11(5)12(15,16)17/h3-4H,1-2H3,(H,18,19). The Morgan fingerprint density at radius 3 is 2.42 bits per heavy atom. The molecular formula is C12H9ClF4N2. The molecule has 7 heteroatoms. The highest BCUT2D eigenvalue weighted by Crippen LogP contribution is 2.39. The van der Waals surface area contributed by atoms with Gasteiger partial charge in [0, 0.05) is 18.0 Å². The van der Waals surface area contributed by atoms with Crippen molar-refractivity contribution in [3.63, 3.8) is 0 Å². The van der Waals surface area contributed by atoms with E-state index in [0.29, 0.717) is 0 Å². The average Bonchev–Trinajstić information content (AvgIpc) is 2.32. The number of alkyl halides is 3. The van der Waals surface area contributed by atoms with Crippen LogP contribution in [0.25, 0.3) is 10.9 Å². The predicted molar refractivity (Wildman–Crippen MR) is 66.0 cm³/mol. The van der Waals surface area contributed by atoms with Crippen LogP contribution in [0.5, 0.6) is 0 Å². The zero-order chi connectivity index (χ0) is 14.4. The molecule has 0 radical (unpaired) electrons. The topological polar surface area (TPSA) is 24.9 Å². The Kier molecular flexibility index (Phi) is 3.30. The minimum absolute atomic E-state index is 0.116. The van der Waals surface area contributed by atoms with E-state index in [-0.39, 0.29) is 21.7 Å². The van der Waals surface area contributed by atoms with E-state index < -0.39 is 23.2 Å². The lowest BCUT2D eigenvalue weighted by Crippen LogP contribution is -2.13. The first kappa shape index (κ1) is 13.9. The van der Waals surface area contributed by atoms with Gasteiger partial charge >= 0.3 is 6.18 Å². The highest BCUT2D eigenvalue weighted by Gasteiger charge is 2.36. The molecule has 0 fully saturated rings. The van der Waals surface area contributed by atoms with E-state index in [1.807, 2.05) is 0 Å². The third kappa shape index (κ3) is 2.20. The Bertz CT molecular complexity index is 652. The maximum Gasteiger partial charge on any atom is 0.433 e. The van der Waals surface area contributed by atoms with Crippen LogP contribution >= 0.6 is 11.6 Å². The number of nitrogens with one attached hydrogen (secondary N) is 1. The number of hydrogen-bond donors (Lipinski definition) is 1. The third-order valence-corrected chi connectivity index (χ3v) is 3.12. The summed E-state index contributed by atoms with van der Waals surface area (Å²) in [6.07, 6.45) is -4.65. The van der Waals surface area contributed by atoms with E-state index in [0.717, 1.165) is 6.07 Å². The summed E-state index contributed by atoms with van der Waals surface area (Å²) in [5, 5.41) is 2.92. The number of nitrogens with zero attached hydrogens (tertiary/aromatic N) is 1. The van der Waals surface area contributed by atoms with Gasteiger partial charge < -0.3 is 5.32 Å². The van der Waals surface area contributed by atoms with Crippen molar-refractivity contribution in [2.45, 2.75) is 13.1 Å². The van der Waals surface area contributed by atoms with Crippen LogP contribution in [0.15, 0.2) is 12.1 Å². The monoisotopic (exact) mass is 292 g/mol. The molecule has 0 saturated heterocycles. The maximum absolute atomic E-state index is 13.7. The lowest BCUT2D eigenvalue weighted by molar-refractivity contribution is -0.141. The van der Waals surface area contributed by atoms with Crippen molar-refractivity contribution in [1.82, 2.24) is 4.98 Å². The van der Waals surface area contributed by atoms with Crippen LogP contribution in [0.3, 0.4) is 0 Å². The van der Waals surface area contributed by atoms with Gasteiger partial charge in [0.05, 0.1) is 10.7 Å². The molecule has 1 N–H and O–H groups in total. The van der Waals surface area contributed by atoms with Crippen LogP contribution in [0, 0.1) is 12.7 Å². The van der Waals surface area contributed by atoms with Crippen molar-refractivity contribution < 1.29 is 17.6 Å². The molecule has 0 aliphatic carbocycles. The zero-order valence-corrected chi connectivity index (χ0v) is 10.7. The maximum atomic E-state index is 13.7. The smallest absolute Gasteiger partial charge is 0.387 e. The molecule has 2 aromatic rings. The highest BCUT2D eigenvalue weighted by atomic mass is 35.5. The first-order valence-electron chi connectivity index (χ1n) is 5.30. The van der Waals surface area contributed by atoms with Gasteiger partial charge in [-0.25, -0.2) is 9.37 Å². The van der Waals surface area contributed by atoms with Gasteiger partial charge in [-0.2, -0.15) is 13.2 Å². The Morgan fingerprint density at radius 1 is 1.26 bits per heavy atom. The average molecular weight is 293 g/mol. The lowest BCUT2D eigenvalue weighted by Gasteiger charge is -2.16. The Labute approximate surface area is 111 Å². The molecule has 1 aromatic carbocycles. The number of hydrogen-bond acceptors (Lipinski definition) is 2. The van der Waals surface area contributed by atoms with Crippen molar-refractivity contribution in [1.29, 1.82) is 0 Å². The first-order valence-corrected chi connectivity index (χ1v) is 5.68. The Morgan fingerprint density at radius 2 is 1.89 bits per heavy atom. The van der Waals surface area contributed by atoms with E-state index in [9.17, 15) is 17.6 Å². The summed E-state index contributed by atoms with van der Waals surface area (Å²) in [6.45, 7) is 1.27. The van der Waals surface area contributed by atoms with Gasteiger partial charge in [-0.05, 0) is 19.1 Å². The second-order valence-electron chi connectivity index (χ2n) is 3.96. The summed E-state index contributed by atoms with van der Waals surface area (Å²) in [4.78, 5) is 3.39. The van der Waals surface area contributed by atoms with Crippen molar-refractivity contribution in [2.75, 3.05) is 12.4 Å². The molecule has 1 heterocycles. The molecule has 0 aliphatic heterocycles. The van der Waals surface area contributed by atoms with E-state index in [2.05, 4.69) is 10.3 Å². The Hall–Kier alpha value is -1.56. The van der Waals surface area contributed by atoms with Gasteiger partial charge in [0.2, 0.25) is 0 Å². The summed E-state index contributed by atoms with van der Waals surface area (Å²) in [7, 11) is 1.45. The molecule has 0 aliphatic rings. The summed E-state index contributed by atoms with van der Waals surface area (Å²) >= 11 is 5.92.